The van der Waals surface area contributed by atoms with Crippen molar-refractivity contribution in [2.24, 2.45) is 0 Å². The summed E-state index contributed by atoms with van der Waals surface area (Å²) in [6, 6.07) is 9.91. The molecule has 0 spiro atoms. The zero-order valence-electron chi connectivity index (χ0n) is 17.3. The highest BCUT2D eigenvalue weighted by Gasteiger charge is 2.30. The lowest BCUT2D eigenvalue weighted by atomic mass is 10.1. The summed E-state index contributed by atoms with van der Waals surface area (Å²) in [5, 5.41) is 2.59. The number of nitrogens with one attached hydrogen (secondary N) is 1. The summed E-state index contributed by atoms with van der Waals surface area (Å²) in [6.07, 6.45) is 1.01. The van der Waals surface area contributed by atoms with E-state index in [-0.39, 0.29) is 22.7 Å². The number of hydrogen-bond donors (Lipinski definition) is 1. The minimum Gasteiger partial charge on any atom is -0.493 e. The molecule has 0 saturated heterocycles. The van der Waals surface area contributed by atoms with Crippen molar-refractivity contribution in [2.75, 3.05) is 37.2 Å². The molecule has 162 valence electrons. The van der Waals surface area contributed by atoms with Gasteiger partial charge in [-0.15, -0.1) is 0 Å². The number of esters is 1. The van der Waals surface area contributed by atoms with E-state index in [9.17, 15) is 18.0 Å². The van der Waals surface area contributed by atoms with Gasteiger partial charge in [-0.1, -0.05) is 18.2 Å². The summed E-state index contributed by atoms with van der Waals surface area (Å²) in [5.41, 5.74) is 0.460. The average Bonchev–Trinajstić information content (AvgIpc) is 2.72. The molecule has 0 aliphatic heterocycles. The normalized spacial score (nSPS) is 11.9. The van der Waals surface area contributed by atoms with Gasteiger partial charge in [0.15, 0.2) is 11.5 Å². The van der Waals surface area contributed by atoms with Crippen molar-refractivity contribution in [1.82, 2.24) is 0 Å². The van der Waals surface area contributed by atoms with Gasteiger partial charge < -0.3 is 19.5 Å². The van der Waals surface area contributed by atoms with Crippen molar-refractivity contribution < 1.29 is 32.2 Å². The minimum absolute atomic E-state index is 0.0290. The van der Waals surface area contributed by atoms with Gasteiger partial charge in [0.05, 0.1) is 44.5 Å². The Labute approximate surface area is 175 Å². The third-order valence-corrected chi connectivity index (χ3v) is 5.53. The van der Waals surface area contributed by atoms with Crippen LogP contribution in [0.4, 0.5) is 11.4 Å². The number of ether oxygens (including phenoxy) is 3. The van der Waals surface area contributed by atoms with Gasteiger partial charge in [-0.3, -0.25) is 9.10 Å². The van der Waals surface area contributed by atoms with E-state index in [1.54, 1.807) is 30.3 Å². The van der Waals surface area contributed by atoms with Crippen LogP contribution in [0.5, 0.6) is 11.5 Å². The molecule has 10 heteroatoms. The van der Waals surface area contributed by atoms with E-state index in [2.05, 4.69) is 5.32 Å². The van der Waals surface area contributed by atoms with Crippen LogP contribution in [0.3, 0.4) is 0 Å². The van der Waals surface area contributed by atoms with Crippen molar-refractivity contribution in [3.63, 3.8) is 0 Å². The number of rotatable bonds is 8. The molecule has 1 atom stereocenters. The highest BCUT2D eigenvalue weighted by atomic mass is 32.2. The largest absolute Gasteiger partial charge is 0.493 e. The predicted molar refractivity (Wildman–Crippen MR) is 113 cm³/mol. The van der Waals surface area contributed by atoms with Gasteiger partial charge in [0.1, 0.15) is 6.04 Å². The Bertz CT molecular complexity index is 1020. The van der Waals surface area contributed by atoms with Crippen LogP contribution in [-0.2, 0) is 19.6 Å². The van der Waals surface area contributed by atoms with Crippen LogP contribution in [0.25, 0.3) is 0 Å². The second-order valence-corrected chi connectivity index (χ2v) is 8.16. The number of hydrogen-bond acceptors (Lipinski definition) is 7. The Morgan fingerprint density at radius 1 is 1.00 bits per heavy atom. The SMILES string of the molecule is COC(=O)c1cc(OC)c(OC)cc1NC(=O)[C@@H](C)N(c1ccccc1)S(C)(=O)=O. The molecule has 0 heterocycles. The highest BCUT2D eigenvalue weighted by molar-refractivity contribution is 7.92. The number of carbonyl (C=O) groups excluding carboxylic acids is 2. The molecule has 30 heavy (non-hydrogen) atoms. The molecule has 0 aliphatic rings. The van der Waals surface area contributed by atoms with Gasteiger partial charge >= 0.3 is 5.97 Å². The van der Waals surface area contributed by atoms with E-state index in [0.29, 0.717) is 5.69 Å². The van der Waals surface area contributed by atoms with Crippen LogP contribution in [0.15, 0.2) is 42.5 Å². The number of nitrogens with zero attached hydrogens (tertiary/aromatic N) is 1. The zero-order valence-corrected chi connectivity index (χ0v) is 18.1. The van der Waals surface area contributed by atoms with Crippen molar-refractivity contribution in [1.29, 1.82) is 0 Å². The first kappa shape index (κ1) is 23.0. The smallest absolute Gasteiger partial charge is 0.340 e. The standard InChI is InChI=1S/C20H24N2O7S/c1-13(22(30(5,25)26)14-9-7-6-8-10-14)19(23)21-16-12-18(28-3)17(27-2)11-15(16)20(24)29-4/h6-13H,1-5H3,(H,21,23)/t13-/m1/s1. The van der Waals surface area contributed by atoms with Crippen LogP contribution < -0.4 is 19.1 Å². The molecule has 2 aromatic rings. The first-order valence-corrected chi connectivity index (χ1v) is 10.7. The number of methoxy groups -OCH3 is 3. The van der Waals surface area contributed by atoms with E-state index in [1.165, 1.54) is 40.4 Å². The highest BCUT2D eigenvalue weighted by Crippen LogP contribution is 2.34. The average molecular weight is 436 g/mol. The Kier molecular flexibility index (Phi) is 7.28. The molecule has 0 saturated carbocycles. The minimum atomic E-state index is -3.77. The number of para-hydroxylation sites is 1. The van der Waals surface area contributed by atoms with E-state index in [1.807, 2.05) is 0 Å². The Morgan fingerprint density at radius 2 is 1.57 bits per heavy atom. The lowest BCUT2D eigenvalue weighted by molar-refractivity contribution is -0.116. The molecular formula is C20H24N2O7S. The lowest BCUT2D eigenvalue weighted by Gasteiger charge is -2.28. The van der Waals surface area contributed by atoms with E-state index >= 15 is 0 Å². The van der Waals surface area contributed by atoms with Crippen molar-refractivity contribution in [2.45, 2.75) is 13.0 Å². The van der Waals surface area contributed by atoms with Gasteiger partial charge in [0.25, 0.3) is 0 Å². The molecule has 0 aromatic heterocycles. The monoisotopic (exact) mass is 436 g/mol. The Balaban J connectivity index is 2.45. The van der Waals surface area contributed by atoms with Crippen LogP contribution in [-0.4, -0.2) is 53.9 Å². The first-order chi connectivity index (χ1) is 14.1. The summed E-state index contributed by atoms with van der Waals surface area (Å²) in [7, 11) is 0.243. The maximum absolute atomic E-state index is 12.9. The molecule has 1 N–H and O–H groups in total. The van der Waals surface area contributed by atoms with Crippen LogP contribution in [0, 0.1) is 0 Å². The summed E-state index contributed by atoms with van der Waals surface area (Å²) in [5.74, 6) is -0.814. The van der Waals surface area contributed by atoms with Crippen molar-refractivity contribution in [3.05, 3.63) is 48.0 Å². The Morgan fingerprint density at radius 3 is 2.07 bits per heavy atom. The summed E-state index contributed by atoms with van der Waals surface area (Å²) < 4.78 is 40.9. The molecular weight excluding hydrogens is 412 g/mol. The van der Waals surface area contributed by atoms with E-state index < -0.39 is 27.9 Å². The van der Waals surface area contributed by atoms with Crippen molar-refractivity contribution >= 4 is 33.3 Å². The molecule has 0 radical (unpaired) electrons. The third-order valence-electron chi connectivity index (χ3n) is 4.29. The van der Waals surface area contributed by atoms with Gasteiger partial charge in [-0.2, -0.15) is 0 Å². The number of sulfonamides is 1. The molecule has 0 bridgehead atoms. The van der Waals surface area contributed by atoms with Crippen LogP contribution in [0.2, 0.25) is 0 Å². The zero-order chi connectivity index (χ0) is 22.5. The fraction of sp³-hybridized carbons (Fsp3) is 0.300. The van der Waals surface area contributed by atoms with Crippen LogP contribution in [0.1, 0.15) is 17.3 Å². The topological polar surface area (TPSA) is 111 Å². The molecule has 1 amide bonds. The van der Waals surface area contributed by atoms with Gasteiger partial charge in [-0.05, 0) is 19.1 Å². The first-order valence-electron chi connectivity index (χ1n) is 8.83. The fourth-order valence-electron chi connectivity index (χ4n) is 2.88. The number of amides is 1. The fourth-order valence-corrected chi connectivity index (χ4v) is 4.06. The summed E-state index contributed by atoms with van der Waals surface area (Å²) >= 11 is 0. The second-order valence-electron chi connectivity index (χ2n) is 6.30. The van der Waals surface area contributed by atoms with E-state index in [0.717, 1.165) is 10.6 Å². The number of anilines is 2. The maximum Gasteiger partial charge on any atom is 0.340 e. The Hall–Kier alpha value is -3.27. The third kappa shape index (κ3) is 5.01. The molecule has 9 nitrogen and oxygen atoms in total. The summed E-state index contributed by atoms with van der Waals surface area (Å²) in [4.78, 5) is 25.1. The number of carbonyl (C=O) groups is 2. The number of benzene rings is 2. The van der Waals surface area contributed by atoms with Gasteiger partial charge in [0.2, 0.25) is 15.9 Å². The molecule has 2 aromatic carbocycles. The molecule has 2 rings (SSSR count). The van der Waals surface area contributed by atoms with Crippen LogP contribution >= 0.6 is 0 Å². The molecule has 0 fully saturated rings. The molecule has 0 unspecified atom stereocenters. The predicted octanol–water partition coefficient (Wildman–Crippen LogP) is 2.28. The second kappa shape index (κ2) is 9.49. The molecule has 0 aliphatic carbocycles. The van der Waals surface area contributed by atoms with Gasteiger partial charge in [0, 0.05) is 12.1 Å². The maximum atomic E-state index is 12.9. The lowest BCUT2D eigenvalue weighted by Crippen LogP contribution is -2.45. The van der Waals surface area contributed by atoms with E-state index in [4.69, 9.17) is 14.2 Å². The van der Waals surface area contributed by atoms with Gasteiger partial charge in [-0.25, -0.2) is 13.2 Å². The van der Waals surface area contributed by atoms with Crippen molar-refractivity contribution in [3.8, 4) is 11.5 Å². The quantitative estimate of drug-likeness (QED) is 0.632. The summed E-state index contributed by atoms with van der Waals surface area (Å²) in [6.45, 7) is 1.45.